The van der Waals surface area contributed by atoms with Crippen molar-refractivity contribution in [2.75, 3.05) is 6.67 Å². The van der Waals surface area contributed by atoms with Crippen LogP contribution >= 0.6 is 15.9 Å². The summed E-state index contributed by atoms with van der Waals surface area (Å²) in [5.41, 5.74) is 1.49. The highest BCUT2D eigenvalue weighted by Gasteiger charge is 2.00. The van der Waals surface area contributed by atoms with Crippen molar-refractivity contribution < 1.29 is 4.39 Å². The Morgan fingerprint density at radius 2 is 2.25 bits per heavy atom. The van der Waals surface area contributed by atoms with E-state index in [4.69, 9.17) is 5.26 Å². The van der Waals surface area contributed by atoms with Crippen molar-refractivity contribution in [3.63, 3.8) is 0 Å². The molecule has 0 N–H and O–H groups in total. The van der Waals surface area contributed by atoms with Crippen molar-refractivity contribution >= 4 is 15.9 Å². The average Bonchev–Trinajstić information content (AvgIpc) is 2.09. The van der Waals surface area contributed by atoms with E-state index < -0.39 is 0 Å². The second-order valence-electron chi connectivity index (χ2n) is 2.36. The first kappa shape index (κ1) is 9.21. The van der Waals surface area contributed by atoms with Gasteiger partial charge in [0, 0.05) is 10.9 Å². The molecule has 1 aromatic rings. The summed E-state index contributed by atoms with van der Waals surface area (Å²) in [6.45, 7) is -0.371. The minimum absolute atomic E-state index is 0.371. The highest BCUT2D eigenvalue weighted by Crippen LogP contribution is 2.18. The monoisotopic (exact) mass is 227 g/mol. The molecule has 1 rings (SSSR count). The van der Waals surface area contributed by atoms with E-state index in [2.05, 4.69) is 15.9 Å². The first-order valence-corrected chi connectivity index (χ1v) is 4.31. The van der Waals surface area contributed by atoms with Crippen LogP contribution in [0.5, 0.6) is 0 Å². The number of benzene rings is 1. The normalized spacial score (nSPS) is 9.42. The molecule has 62 valence electrons. The largest absolute Gasteiger partial charge is 0.251 e. The Hall–Kier alpha value is -0.880. The van der Waals surface area contributed by atoms with Crippen LogP contribution in [0.4, 0.5) is 4.39 Å². The Morgan fingerprint density at radius 1 is 1.50 bits per heavy atom. The molecular weight excluding hydrogens is 221 g/mol. The number of nitrogens with zero attached hydrogens (tertiary/aromatic N) is 1. The van der Waals surface area contributed by atoms with Gasteiger partial charge in [-0.05, 0) is 17.7 Å². The van der Waals surface area contributed by atoms with Gasteiger partial charge < -0.3 is 0 Å². The number of halogens is 2. The van der Waals surface area contributed by atoms with Gasteiger partial charge in [0.15, 0.2) is 0 Å². The third-order valence-electron chi connectivity index (χ3n) is 1.55. The molecule has 0 radical (unpaired) electrons. The molecule has 0 atom stereocenters. The molecule has 3 heteroatoms. The molecule has 0 amide bonds. The second kappa shape index (κ2) is 4.22. The first-order chi connectivity index (χ1) is 5.77. The van der Waals surface area contributed by atoms with Crippen LogP contribution in [0.2, 0.25) is 0 Å². The highest BCUT2D eigenvalue weighted by molar-refractivity contribution is 9.10. The lowest BCUT2D eigenvalue weighted by Gasteiger charge is -2.00. The summed E-state index contributed by atoms with van der Waals surface area (Å²) in [6, 6.07) is 7.17. The van der Waals surface area contributed by atoms with E-state index in [1.807, 2.05) is 6.07 Å². The fourth-order valence-corrected chi connectivity index (χ4v) is 1.50. The van der Waals surface area contributed by atoms with E-state index in [0.717, 1.165) is 10.0 Å². The summed E-state index contributed by atoms with van der Waals surface area (Å²) >= 11 is 3.27. The summed E-state index contributed by atoms with van der Waals surface area (Å²) < 4.78 is 12.8. The molecule has 0 bridgehead atoms. The first-order valence-electron chi connectivity index (χ1n) is 3.52. The zero-order valence-corrected chi connectivity index (χ0v) is 7.94. The number of nitriles is 1. The average molecular weight is 228 g/mol. The van der Waals surface area contributed by atoms with Gasteiger partial charge in [0.25, 0.3) is 0 Å². The molecule has 0 saturated heterocycles. The van der Waals surface area contributed by atoms with Gasteiger partial charge in [-0.15, -0.1) is 0 Å². The molecule has 0 unspecified atom stereocenters. The summed E-state index contributed by atoms with van der Waals surface area (Å²) in [6.07, 6.45) is 0.395. The van der Waals surface area contributed by atoms with E-state index in [0.29, 0.717) is 12.0 Å². The van der Waals surface area contributed by atoms with Gasteiger partial charge in [0.2, 0.25) is 0 Å². The Morgan fingerprint density at radius 3 is 2.75 bits per heavy atom. The Kier molecular flexibility index (Phi) is 3.24. The topological polar surface area (TPSA) is 23.8 Å². The molecule has 1 aromatic carbocycles. The van der Waals surface area contributed by atoms with Crippen LogP contribution in [0, 0.1) is 11.3 Å². The molecule has 0 aromatic heterocycles. The third kappa shape index (κ3) is 2.05. The lowest BCUT2D eigenvalue weighted by molar-refractivity contribution is 0.495. The number of rotatable bonds is 2. The van der Waals surface area contributed by atoms with Crippen LogP contribution in [-0.2, 0) is 6.42 Å². The minimum atomic E-state index is -0.371. The van der Waals surface area contributed by atoms with Crippen molar-refractivity contribution in [3.05, 3.63) is 33.8 Å². The van der Waals surface area contributed by atoms with Gasteiger partial charge in [-0.1, -0.05) is 22.0 Å². The van der Waals surface area contributed by atoms with E-state index in [9.17, 15) is 4.39 Å². The SMILES string of the molecule is N#Cc1ccc(CCF)c(Br)c1. The van der Waals surface area contributed by atoms with Crippen molar-refractivity contribution in [2.24, 2.45) is 0 Å². The fraction of sp³-hybridized carbons (Fsp3) is 0.222. The Bertz CT molecular complexity index is 317. The van der Waals surface area contributed by atoms with E-state index in [1.165, 1.54) is 0 Å². The van der Waals surface area contributed by atoms with Crippen molar-refractivity contribution in [2.45, 2.75) is 6.42 Å². The minimum Gasteiger partial charge on any atom is -0.251 e. The standard InChI is InChI=1S/C9H7BrFN/c10-9-5-7(6-12)1-2-8(9)3-4-11/h1-2,5H,3-4H2. The summed E-state index contributed by atoms with van der Waals surface area (Å²) in [4.78, 5) is 0. The van der Waals surface area contributed by atoms with Crippen molar-refractivity contribution in [1.82, 2.24) is 0 Å². The Balaban J connectivity index is 2.97. The van der Waals surface area contributed by atoms with Gasteiger partial charge >= 0.3 is 0 Å². The van der Waals surface area contributed by atoms with Crippen LogP contribution in [0.1, 0.15) is 11.1 Å². The van der Waals surface area contributed by atoms with E-state index >= 15 is 0 Å². The Labute approximate surface area is 79.0 Å². The molecule has 0 aliphatic heterocycles. The van der Waals surface area contributed by atoms with Crippen LogP contribution in [0.25, 0.3) is 0 Å². The van der Waals surface area contributed by atoms with Gasteiger partial charge in [0.1, 0.15) is 0 Å². The molecule has 0 aliphatic rings. The molecule has 0 aliphatic carbocycles. The van der Waals surface area contributed by atoms with Gasteiger partial charge in [0.05, 0.1) is 18.3 Å². The predicted octanol–water partition coefficient (Wildman–Crippen LogP) is 2.83. The molecule has 0 spiro atoms. The zero-order chi connectivity index (χ0) is 8.97. The highest BCUT2D eigenvalue weighted by atomic mass is 79.9. The maximum absolute atomic E-state index is 12.0. The van der Waals surface area contributed by atoms with Crippen LogP contribution < -0.4 is 0 Å². The summed E-state index contributed by atoms with van der Waals surface area (Å²) in [7, 11) is 0. The quantitative estimate of drug-likeness (QED) is 0.763. The van der Waals surface area contributed by atoms with E-state index in [1.54, 1.807) is 18.2 Å². The lowest BCUT2D eigenvalue weighted by atomic mass is 10.1. The molecule has 0 saturated carbocycles. The van der Waals surface area contributed by atoms with Gasteiger partial charge in [-0.2, -0.15) is 5.26 Å². The van der Waals surface area contributed by atoms with Crippen LogP contribution in [0.3, 0.4) is 0 Å². The molecule has 0 fully saturated rings. The van der Waals surface area contributed by atoms with Gasteiger partial charge in [-0.3, -0.25) is 4.39 Å². The van der Waals surface area contributed by atoms with Crippen LogP contribution in [-0.4, -0.2) is 6.67 Å². The van der Waals surface area contributed by atoms with Gasteiger partial charge in [-0.25, -0.2) is 0 Å². The van der Waals surface area contributed by atoms with E-state index in [-0.39, 0.29) is 6.67 Å². The zero-order valence-electron chi connectivity index (χ0n) is 6.35. The molecule has 0 heterocycles. The summed E-state index contributed by atoms with van der Waals surface area (Å²) in [5, 5.41) is 8.54. The second-order valence-corrected chi connectivity index (χ2v) is 3.21. The van der Waals surface area contributed by atoms with Crippen molar-refractivity contribution in [3.8, 4) is 6.07 Å². The smallest absolute Gasteiger partial charge is 0.0992 e. The summed E-state index contributed by atoms with van der Waals surface area (Å²) in [5.74, 6) is 0. The maximum Gasteiger partial charge on any atom is 0.0992 e. The lowest BCUT2D eigenvalue weighted by Crippen LogP contribution is -1.88. The molecular formula is C9H7BrFN. The molecule has 1 nitrogen and oxygen atoms in total. The number of alkyl halides is 1. The predicted molar refractivity (Wildman–Crippen MR) is 48.5 cm³/mol. The van der Waals surface area contributed by atoms with Crippen LogP contribution in [0.15, 0.2) is 22.7 Å². The number of hydrogen-bond donors (Lipinski definition) is 0. The number of aryl methyl sites for hydroxylation is 1. The maximum atomic E-state index is 12.0. The number of hydrogen-bond acceptors (Lipinski definition) is 1. The third-order valence-corrected chi connectivity index (χ3v) is 2.28. The van der Waals surface area contributed by atoms with Crippen molar-refractivity contribution in [1.29, 1.82) is 5.26 Å². The fourth-order valence-electron chi connectivity index (χ4n) is 0.921. The molecule has 12 heavy (non-hydrogen) atoms.